The molecule has 0 heterocycles. The van der Waals surface area contributed by atoms with E-state index in [9.17, 15) is 9.59 Å². The van der Waals surface area contributed by atoms with E-state index < -0.39 is 5.41 Å². The number of carbonyl (C=O) groups excluding carboxylic acids is 2. The van der Waals surface area contributed by atoms with E-state index in [0.29, 0.717) is 19.5 Å². The zero-order chi connectivity index (χ0) is 13.3. The fourth-order valence-corrected chi connectivity index (χ4v) is 1.14. The molecule has 0 aromatic heterocycles. The van der Waals surface area contributed by atoms with Crippen LogP contribution in [0.2, 0.25) is 0 Å². The summed E-state index contributed by atoms with van der Waals surface area (Å²) >= 11 is 0. The molecule has 0 aromatic carbocycles. The Morgan fingerprint density at radius 3 is 2.11 bits per heavy atom. The largest absolute Gasteiger partial charge is 0.356 e. The summed E-state index contributed by atoms with van der Waals surface area (Å²) in [7, 11) is 1.88. The van der Waals surface area contributed by atoms with E-state index in [2.05, 4.69) is 16.0 Å². The van der Waals surface area contributed by atoms with Crippen LogP contribution in [0.25, 0.3) is 0 Å². The lowest BCUT2D eigenvalue weighted by atomic mass is 9.96. The van der Waals surface area contributed by atoms with Crippen molar-refractivity contribution in [2.24, 2.45) is 5.41 Å². The van der Waals surface area contributed by atoms with Crippen molar-refractivity contribution in [1.29, 1.82) is 0 Å². The first-order valence-corrected chi connectivity index (χ1v) is 6.07. The molecule has 2 amide bonds. The van der Waals surface area contributed by atoms with E-state index in [-0.39, 0.29) is 24.2 Å². The number of carbonyl (C=O) groups is 2. The average molecular weight is 280 g/mol. The molecule has 0 unspecified atom stereocenters. The van der Waals surface area contributed by atoms with Crippen LogP contribution >= 0.6 is 12.4 Å². The molecule has 108 valence electrons. The predicted octanol–water partition coefficient (Wildman–Crippen LogP) is 0.686. The molecule has 6 heteroatoms. The predicted molar refractivity (Wildman–Crippen MR) is 75.9 cm³/mol. The minimum Gasteiger partial charge on any atom is -0.356 e. The molecule has 0 saturated heterocycles. The Kier molecular flexibility index (Phi) is 11.0. The van der Waals surface area contributed by atoms with Crippen LogP contribution in [0.5, 0.6) is 0 Å². The Labute approximate surface area is 116 Å². The smallest absolute Gasteiger partial charge is 0.225 e. The Morgan fingerprint density at radius 1 is 1.00 bits per heavy atom. The zero-order valence-electron chi connectivity index (χ0n) is 11.8. The summed E-state index contributed by atoms with van der Waals surface area (Å²) in [6.07, 6.45) is 1.25. The van der Waals surface area contributed by atoms with Gasteiger partial charge in [0.1, 0.15) is 0 Å². The van der Waals surface area contributed by atoms with Crippen molar-refractivity contribution >= 4 is 24.2 Å². The first-order chi connectivity index (χ1) is 7.88. The highest BCUT2D eigenvalue weighted by atomic mass is 35.5. The minimum absolute atomic E-state index is 0. The number of hydrogen-bond donors (Lipinski definition) is 3. The summed E-state index contributed by atoms with van der Waals surface area (Å²) in [5.74, 6) is -0.0456. The van der Waals surface area contributed by atoms with Gasteiger partial charge in [-0.05, 0) is 20.0 Å². The lowest BCUT2D eigenvalue weighted by Crippen LogP contribution is -2.37. The molecule has 0 bridgehead atoms. The van der Waals surface area contributed by atoms with E-state index >= 15 is 0 Å². The van der Waals surface area contributed by atoms with Crippen LogP contribution in [-0.4, -0.2) is 38.5 Å². The van der Waals surface area contributed by atoms with E-state index in [0.717, 1.165) is 13.0 Å². The van der Waals surface area contributed by atoms with Gasteiger partial charge in [0.2, 0.25) is 11.8 Å². The summed E-state index contributed by atoms with van der Waals surface area (Å²) in [5, 5.41) is 8.55. The van der Waals surface area contributed by atoms with Crippen molar-refractivity contribution in [2.75, 3.05) is 26.7 Å². The molecule has 0 aromatic rings. The van der Waals surface area contributed by atoms with Crippen LogP contribution in [0, 0.1) is 5.41 Å². The number of halogens is 1. The highest BCUT2D eigenvalue weighted by Gasteiger charge is 2.20. The first-order valence-electron chi connectivity index (χ1n) is 6.07. The summed E-state index contributed by atoms with van der Waals surface area (Å²) in [4.78, 5) is 22.8. The first kappa shape index (κ1) is 19.5. The highest BCUT2D eigenvalue weighted by molar-refractivity contribution is 5.85. The van der Waals surface area contributed by atoms with Gasteiger partial charge in [-0.15, -0.1) is 12.4 Å². The summed E-state index contributed by atoms with van der Waals surface area (Å²) in [5.41, 5.74) is -0.400. The van der Waals surface area contributed by atoms with Crippen molar-refractivity contribution in [3.63, 3.8) is 0 Å². The standard InChI is InChI=1S/C12H25N3O2.ClH/c1-12(2,3)11(17)15-9-6-10(16)14-8-5-7-13-4;/h13H,5-9H2,1-4H3,(H,14,16)(H,15,17);1H. The molecule has 0 atom stereocenters. The second-order valence-corrected chi connectivity index (χ2v) is 5.06. The van der Waals surface area contributed by atoms with Crippen molar-refractivity contribution in [1.82, 2.24) is 16.0 Å². The van der Waals surface area contributed by atoms with Gasteiger partial charge in [-0.1, -0.05) is 20.8 Å². The molecule has 0 saturated carbocycles. The number of nitrogens with one attached hydrogen (secondary N) is 3. The molecule has 3 N–H and O–H groups in total. The summed E-state index contributed by atoms with van der Waals surface area (Å²) in [6, 6.07) is 0. The SMILES string of the molecule is CNCCCNC(=O)CCNC(=O)C(C)(C)C.Cl. The molecule has 0 aliphatic rings. The molecule has 0 spiro atoms. The fraction of sp³-hybridized carbons (Fsp3) is 0.833. The van der Waals surface area contributed by atoms with Crippen molar-refractivity contribution in [3.05, 3.63) is 0 Å². The Balaban J connectivity index is 0. The third kappa shape index (κ3) is 10.4. The van der Waals surface area contributed by atoms with Crippen LogP contribution in [-0.2, 0) is 9.59 Å². The monoisotopic (exact) mass is 279 g/mol. The second-order valence-electron chi connectivity index (χ2n) is 5.06. The Hall–Kier alpha value is -0.810. The van der Waals surface area contributed by atoms with E-state index in [1.807, 2.05) is 27.8 Å². The summed E-state index contributed by atoms with van der Waals surface area (Å²) < 4.78 is 0. The normalized spacial score (nSPS) is 10.4. The van der Waals surface area contributed by atoms with Crippen molar-refractivity contribution < 1.29 is 9.59 Å². The maximum absolute atomic E-state index is 11.5. The van der Waals surface area contributed by atoms with Crippen LogP contribution in [0.3, 0.4) is 0 Å². The van der Waals surface area contributed by atoms with Gasteiger partial charge in [-0.3, -0.25) is 9.59 Å². The Bertz CT molecular complexity index is 252. The van der Waals surface area contributed by atoms with Crippen molar-refractivity contribution in [3.8, 4) is 0 Å². The molecular weight excluding hydrogens is 254 g/mol. The molecular formula is C12H26ClN3O2. The van der Waals surface area contributed by atoms with Crippen LogP contribution in [0.4, 0.5) is 0 Å². The molecule has 18 heavy (non-hydrogen) atoms. The molecule has 0 rings (SSSR count). The minimum atomic E-state index is -0.400. The highest BCUT2D eigenvalue weighted by Crippen LogP contribution is 2.11. The Morgan fingerprint density at radius 2 is 1.61 bits per heavy atom. The number of hydrogen-bond acceptors (Lipinski definition) is 3. The van der Waals surface area contributed by atoms with Crippen LogP contribution < -0.4 is 16.0 Å². The van der Waals surface area contributed by atoms with Crippen LogP contribution in [0.15, 0.2) is 0 Å². The topological polar surface area (TPSA) is 70.2 Å². The van der Waals surface area contributed by atoms with Gasteiger partial charge in [-0.2, -0.15) is 0 Å². The number of rotatable bonds is 7. The van der Waals surface area contributed by atoms with Gasteiger partial charge >= 0.3 is 0 Å². The molecule has 0 aliphatic carbocycles. The van der Waals surface area contributed by atoms with Gasteiger partial charge in [0, 0.05) is 24.9 Å². The maximum Gasteiger partial charge on any atom is 0.225 e. The third-order valence-electron chi connectivity index (χ3n) is 2.24. The molecule has 5 nitrogen and oxygen atoms in total. The fourth-order valence-electron chi connectivity index (χ4n) is 1.14. The van der Waals surface area contributed by atoms with E-state index in [1.54, 1.807) is 0 Å². The molecule has 0 aliphatic heterocycles. The lowest BCUT2D eigenvalue weighted by molar-refractivity contribution is -0.128. The van der Waals surface area contributed by atoms with E-state index in [1.165, 1.54) is 0 Å². The zero-order valence-corrected chi connectivity index (χ0v) is 12.6. The van der Waals surface area contributed by atoms with Crippen LogP contribution in [0.1, 0.15) is 33.6 Å². The lowest BCUT2D eigenvalue weighted by Gasteiger charge is -2.17. The van der Waals surface area contributed by atoms with Gasteiger partial charge in [0.25, 0.3) is 0 Å². The van der Waals surface area contributed by atoms with E-state index in [4.69, 9.17) is 0 Å². The average Bonchev–Trinajstić information content (AvgIpc) is 2.23. The second kappa shape index (κ2) is 10.1. The van der Waals surface area contributed by atoms with Gasteiger partial charge in [0.15, 0.2) is 0 Å². The molecule has 0 radical (unpaired) electrons. The quantitative estimate of drug-likeness (QED) is 0.601. The van der Waals surface area contributed by atoms with Gasteiger partial charge in [0.05, 0.1) is 0 Å². The number of amides is 2. The summed E-state index contributed by atoms with van der Waals surface area (Å²) in [6.45, 7) is 7.50. The maximum atomic E-state index is 11.5. The van der Waals surface area contributed by atoms with Gasteiger partial charge in [-0.25, -0.2) is 0 Å². The molecule has 0 fully saturated rings. The van der Waals surface area contributed by atoms with Gasteiger partial charge < -0.3 is 16.0 Å². The van der Waals surface area contributed by atoms with Crippen molar-refractivity contribution in [2.45, 2.75) is 33.6 Å². The third-order valence-corrected chi connectivity index (χ3v) is 2.24.